The lowest BCUT2D eigenvalue weighted by Crippen LogP contribution is -2.37. The van der Waals surface area contributed by atoms with Gasteiger partial charge in [-0.05, 0) is 75.1 Å². The van der Waals surface area contributed by atoms with Gasteiger partial charge in [0.15, 0.2) is 34.0 Å². The molecule has 4 aromatic heterocycles. The van der Waals surface area contributed by atoms with Crippen LogP contribution in [-0.4, -0.2) is 110 Å². The van der Waals surface area contributed by atoms with Crippen LogP contribution in [0.4, 0.5) is 11.6 Å². The van der Waals surface area contributed by atoms with Crippen LogP contribution in [0.1, 0.15) is 77.1 Å². The zero-order chi connectivity index (χ0) is 34.0. The molecule has 4 aromatic rings. The smallest absolute Gasteiger partial charge is 0.226 e. The Morgan fingerprint density at radius 2 is 1.29 bits per heavy atom. The summed E-state index contributed by atoms with van der Waals surface area (Å²) in [5.74, 6) is 2.03. The van der Waals surface area contributed by atoms with Crippen LogP contribution in [0.2, 0.25) is 10.6 Å². The fourth-order valence-electron chi connectivity index (χ4n) is 6.69. The number of imidazole rings is 2. The monoisotopic (exact) mass is 718 g/mol. The Bertz CT molecular complexity index is 1730. The van der Waals surface area contributed by atoms with E-state index in [2.05, 4.69) is 34.7 Å². The predicted octanol–water partition coefficient (Wildman–Crippen LogP) is 4.65. The van der Waals surface area contributed by atoms with E-state index in [9.17, 15) is 5.11 Å². The van der Waals surface area contributed by atoms with E-state index in [1.807, 2.05) is 16.1 Å². The number of morpholine rings is 2. The van der Waals surface area contributed by atoms with E-state index in [-0.39, 0.29) is 23.0 Å². The topological polar surface area (TPSA) is 151 Å². The standard InChI is InChI=1S/C18H26ClN5O3.C14H18ClN5O2/c1-3-18(2,25)16-20-13-14(23-7-10-26-11-8-23)21-17(19)22-15(13)24(16)12-6-4-5-9-27-12;15-14-17-12(19-4-7-21-8-5-19)11-13(18-14)20(9-16-11)10-3-1-2-6-22-10/h12,25H,3-11H2,1-2H3;9-10H,1-8H2. The van der Waals surface area contributed by atoms with Crippen LogP contribution in [0.3, 0.4) is 0 Å². The fourth-order valence-corrected chi connectivity index (χ4v) is 7.01. The molecule has 0 amide bonds. The maximum Gasteiger partial charge on any atom is 0.226 e. The first kappa shape index (κ1) is 34.5. The van der Waals surface area contributed by atoms with Gasteiger partial charge in [0.25, 0.3) is 0 Å². The van der Waals surface area contributed by atoms with Gasteiger partial charge in [0.05, 0.1) is 32.8 Å². The second kappa shape index (κ2) is 15.1. The van der Waals surface area contributed by atoms with Crippen molar-refractivity contribution in [1.82, 2.24) is 39.0 Å². The van der Waals surface area contributed by atoms with Gasteiger partial charge in [-0.2, -0.15) is 19.9 Å². The van der Waals surface area contributed by atoms with E-state index in [1.54, 1.807) is 13.3 Å². The Hall–Kier alpha value is -2.92. The Morgan fingerprint density at radius 1 is 0.735 bits per heavy atom. The normalized spacial score (nSPS) is 23.4. The lowest BCUT2D eigenvalue weighted by atomic mass is 10.0. The molecule has 0 aliphatic carbocycles. The zero-order valence-corrected chi connectivity index (χ0v) is 29.6. The average molecular weight is 720 g/mol. The lowest BCUT2D eigenvalue weighted by Gasteiger charge is -2.29. The van der Waals surface area contributed by atoms with Gasteiger partial charge < -0.3 is 33.9 Å². The molecule has 3 atom stereocenters. The summed E-state index contributed by atoms with van der Waals surface area (Å²) in [6.07, 6.45) is 8.28. The van der Waals surface area contributed by atoms with E-state index in [4.69, 9.17) is 47.1 Å². The summed E-state index contributed by atoms with van der Waals surface area (Å²) in [6.45, 7) is 10.8. The van der Waals surface area contributed by atoms with Gasteiger partial charge in [0, 0.05) is 39.4 Å². The Labute approximate surface area is 294 Å². The first-order valence-corrected chi connectivity index (χ1v) is 18.1. The van der Waals surface area contributed by atoms with Crippen molar-refractivity contribution in [3.8, 4) is 0 Å². The Kier molecular flexibility index (Phi) is 10.7. The Balaban J connectivity index is 0.000000157. The minimum absolute atomic E-state index is 0.0118. The molecule has 266 valence electrons. The molecule has 15 nitrogen and oxygen atoms in total. The summed E-state index contributed by atoms with van der Waals surface area (Å²) in [7, 11) is 0. The highest BCUT2D eigenvalue weighted by Gasteiger charge is 2.35. The highest BCUT2D eigenvalue weighted by atomic mass is 35.5. The molecule has 4 fully saturated rings. The third-order valence-corrected chi connectivity index (χ3v) is 9.91. The number of nitrogens with zero attached hydrogens (tertiary/aromatic N) is 10. The molecule has 0 aromatic carbocycles. The number of aliphatic hydroxyl groups is 1. The molecule has 1 N–H and O–H groups in total. The molecule has 0 radical (unpaired) electrons. The first-order valence-electron chi connectivity index (χ1n) is 17.3. The van der Waals surface area contributed by atoms with Gasteiger partial charge in [0.1, 0.15) is 23.9 Å². The maximum atomic E-state index is 11.0. The van der Waals surface area contributed by atoms with Gasteiger partial charge >= 0.3 is 0 Å². The van der Waals surface area contributed by atoms with Crippen LogP contribution < -0.4 is 9.80 Å². The van der Waals surface area contributed by atoms with Crippen LogP contribution in [-0.2, 0) is 24.5 Å². The molecule has 4 aliphatic heterocycles. The van der Waals surface area contributed by atoms with Crippen molar-refractivity contribution < 1.29 is 24.1 Å². The quantitative estimate of drug-likeness (QED) is 0.276. The van der Waals surface area contributed by atoms with Crippen molar-refractivity contribution in [2.75, 3.05) is 75.6 Å². The van der Waals surface area contributed by atoms with Crippen molar-refractivity contribution in [3.05, 3.63) is 22.7 Å². The molecule has 0 spiro atoms. The predicted molar refractivity (Wildman–Crippen MR) is 184 cm³/mol. The van der Waals surface area contributed by atoms with Crippen LogP contribution >= 0.6 is 23.2 Å². The molecular formula is C32H44Cl2N10O5. The molecule has 49 heavy (non-hydrogen) atoms. The van der Waals surface area contributed by atoms with E-state index in [0.29, 0.717) is 75.4 Å². The van der Waals surface area contributed by atoms with Crippen LogP contribution in [0, 0.1) is 0 Å². The highest BCUT2D eigenvalue weighted by molar-refractivity contribution is 6.29. The number of ether oxygens (including phenoxy) is 4. The highest BCUT2D eigenvalue weighted by Crippen LogP contribution is 2.37. The van der Waals surface area contributed by atoms with Crippen molar-refractivity contribution in [2.45, 2.75) is 76.9 Å². The first-order chi connectivity index (χ1) is 23.8. The number of hydrogen-bond donors (Lipinski definition) is 1. The molecule has 3 unspecified atom stereocenters. The van der Waals surface area contributed by atoms with Crippen molar-refractivity contribution in [3.63, 3.8) is 0 Å². The van der Waals surface area contributed by atoms with Crippen molar-refractivity contribution in [1.29, 1.82) is 0 Å². The average Bonchev–Trinajstić information content (AvgIpc) is 3.75. The van der Waals surface area contributed by atoms with E-state index in [0.717, 1.165) is 75.2 Å². The van der Waals surface area contributed by atoms with Gasteiger partial charge in [-0.15, -0.1) is 0 Å². The number of anilines is 2. The van der Waals surface area contributed by atoms with E-state index < -0.39 is 5.60 Å². The molecule has 4 saturated heterocycles. The van der Waals surface area contributed by atoms with E-state index >= 15 is 0 Å². The minimum Gasteiger partial charge on any atom is -0.382 e. The summed E-state index contributed by atoms with van der Waals surface area (Å²) >= 11 is 12.4. The molecule has 0 saturated carbocycles. The summed E-state index contributed by atoms with van der Waals surface area (Å²) in [4.78, 5) is 31.3. The van der Waals surface area contributed by atoms with Crippen LogP contribution in [0.5, 0.6) is 0 Å². The minimum atomic E-state index is -1.10. The fraction of sp³-hybridized carbons (Fsp3) is 0.688. The van der Waals surface area contributed by atoms with Crippen molar-refractivity contribution >= 4 is 57.2 Å². The molecule has 0 bridgehead atoms. The zero-order valence-electron chi connectivity index (χ0n) is 28.1. The molecule has 4 aliphatic rings. The number of aromatic nitrogens is 8. The maximum absolute atomic E-state index is 11.0. The second-order valence-corrected chi connectivity index (χ2v) is 13.6. The third kappa shape index (κ3) is 7.30. The number of fused-ring (bicyclic) bond motifs is 2. The van der Waals surface area contributed by atoms with Gasteiger partial charge in [-0.1, -0.05) is 6.92 Å². The molecule has 8 rings (SSSR count). The van der Waals surface area contributed by atoms with Crippen LogP contribution in [0.15, 0.2) is 6.33 Å². The summed E-state index contributed by atoms with van der Waals surface area (Å²) in [5.41, 5.74) is 1.69. The number of hydrogen-bond acceptors (Lipinski definition) is 13. The second-order valence-electron chi connectivity index (χ2n) is 12.9. The van der Waals surface area contributed by atoms with Gasteiger partial charge in [-0.3, -0.25) is 9.13 Å². The summed E-state index contributed by atoms with van der Waals surface area (Å²) in [5, 5.41) is 11.4. The largest absolute Gasteiger partial charge is 0.382 e. The van der Waals surface area contributed by atoms with Crippen LogP contribution in [0.25, 0.3) is 22.3 Å². The number of halogens is 2. The Morgan fingerprint density at radius 3 is 1.84 bits per heavy atom. The summed E-state index contributed by atoms with van der Waals surface area (Å²) < 4.78 is 26.6. The van der Waals surface area contributed by atoms with Crippen molar-refractivity contribution in [2.24, 2.45) is 0 Å². The lowest BCUT2D eigenvalue weighted by molar-refractivity contribution is -0.0431. The number of rotatable bonds is 6. The SMILES string of the molecule is CCC(C)(O)c1nc2c(N3CCOCC3)nc(Cl)nc2n1C1CCCCO1.Clc1nc(N2CCOCC2)c2ncn(C3CCCCO3)c2n1. The molecular weight excluding hydrogens is 675 g/mol. The van der Waals surface area contributed by atoms with E-state index in [1.165, 1.54) is 0 Å². The third-order valence-electron chi connectivity index (χ3n) is 9.57. The van der Waals surface area contributed by atoms with Gasteiger partial charge in [0.2, 0.25) is 10.6 Å². The molecule has 17 heteroatoms. The molecule has 8 heterocycles. The summed E-state index contributed by atoms with van der Waals surface area (Å²) in [6, 6.07) is 0. The van der Waals surface area contributed by atoms with Gasteiger partial charge in [-0.25, -0.2) is 9.97 Å².